The maximum Gasteiger partial charge on any atom is 0.416 e. The summed E-state index contributed by atoms with van der Waals surface area (Å²) >= 11 is 5.79. The summed E-state index contributed by atoms with van der Waals surface area (Å²) in [5.41, 5.74) is -0.809. The summed E-state index contributed by atoms with van der Waals surface area (Å²) in [6.45, 7) is 5.15. The third-order valence-electron chi connectivity index (χ3n) is 2.88. The molecule has 0 saturated heterocycles. The number of anilines is 1. The summed E-state index contributed by atoms with van der Waals surface area (Å²) in [7, 11) is 0. The molecule has 124 valence electrons. The number of carbonyl (C=O) groups is 1. The highest BCUT2D eigenvalue weighted by Crippen LogP contribution is 2.33. The lowest BCUT2D eigenvalue weighted by Crippen LogP contribution is -2.43. The smallest absolute Gasteiger partial charge is 0.392 e. The van der Waals surface area contributed by atoms with E-state index in [2.05, 4.69) is 5.32 Å². The highest BCUT2D eigenvalue weighted by molar-refractivity contribution is 6.33. The van der Waals surface area contributed by atoms with Gasteiger partial charge < -0.3 is 15.3 Å². The summed E-state index contributed by atoms with van der Waals surface area (Å²) in [5, 5.41) is 11.6. The average molecular weight is 339 g/mol. The molecule has 0 aromatic heterocycles. The van der Waals surface area contributed by atoms with Gasteiger partial charge in [-0.3, -0.25) is 0 Å². The lowest BCUT2D eigenvalue weighted by molar-refractivity contribution is -0.137. The molecule has 1 aromatic rings. The van der Waals surface area contributed by atoms with Gasteiger partial charge in [0, 0.05) is 12.6 Å². The lowest BCUT2D eigenvalue weighted by atomic mass is 10.2. The van der Waals surface area contributed by atoms with Crippen molar-refractivity contribution in [3.05, 3.63) is 28.8 Å². The Labute approximate surface area is 131 Å². The quantitative estimate of drug-likeness (QED) is 0.872. The highest BCUT2D eigenvalue weighted by atomic mass is 35.5. The fourth-order valence-corrected chi connectivity index (χ4v) is 2.02. The molecule has 0 aliphatic rings. The number of rotatable bonds is 4. The number of nitrogens with one attached hydrogen (secondary N) is 1. The van der Waals surface area contributed by atoms with Crippen molar-refractivity contribution in [1.82, 2.24) is 4.90 Å². The van der Waals surface area contributed by atoms with Gasteiger partial charge in [-0.2, -0.15) is 13.2 Å². The number of aliphatic hydroxyl groups is 1. The van der Waals surface area contributed by atoms with Crippen molar-refractivity contribution in [2.24, 2.45) is 0 Å². The summed E-state index contributed by atoms with van der Waals surface area (Å²) in [6, 6.07) is 1.96. The molecule has 1 rings (SSSR count). The van der Waals surface area contributed by atoms with E-state index >= 15 is 0 Å². The molecular formula is C14H18ClF3N2O2. The van der Waals surface area contributed by atoms with Gasteiger partial charge in [-0.1, -0.05) is 11.6 Å². The number of hydrogen-bond acceptors (Lipinski definition) is 2. The first-order valence-corrected chi connectivity index (χ1v) is 7.02. The van der Waals surface area contributed by atoms with Crippen LogP contribution in [0.25, 0.3) is 0 Å². The molecule has 1 aromatic carbocycles. The predicted molar refractivity (Wildman–Crippen MR) is 79.0 cm³/mol. The molecule has 0 aliphatic heterocycles. The second-order valence-corrected chi connectivity index (χ2v) is 5.62. The van der Waals surface area contributed by atoms with Crippen LogP contribution in [0.2, 0.25) is 5.02 Å². The minimum absolute atomic E-state index is 0.0795. The normalized spacial score (nSPS) is 13.1. The van der Waals surface area contributed by atoms with Crippen molar-refractivity contribution in [3.8, 4) is 0 Å². The number of hydrogen-bond donors (Lipinski definition) is 2. The van der Waals surface area contributed by atoms with E-state index in [1.165, 1.54) is 11.8 Å². The van der Waals surface area contributed by atoms with Gasteiger partial charge in [0.2, 0.25) is 0 Å². The number of amides is 2. The van der Waals surface area contributed by atoms with Crippen LogP contribution in [0.5, 0.6) is 0 Å². The van der Waals surface area contributed by atoms with Gasteiger partial charge in [0.05, 0.1) is 22.4 Å². The maximum atomic E-state index is 12.6. The maximum absolute atomic E-state index is 12.6. The first-order chi connectivity index (χ1) is 10.0. The van der Waals surface area contributed by atoms with E-state index in [1.807, 2.05) is 0 Å². The minimum Gasteiger partial charge on any atom is -0.392 e. The van der Waals surface area contributed by atoms with Crippen LogP contribution in [0.15, 0.2) is 18.2 Å². The largest absolute Gasteiger partial charge is 0.416 e. The number of aliphatic hydroxyl groups excluding tert-OH is 1. The molecule has 22 heavy (non-hydrogen) atoms. The van der Waals surface area contributed by atoms with Crippen LogP contribution < -0.4 is 5.32 Å². The van der Waals surface area contributed by atoms with Crippen LogP contribution in [-0.2, 0) is 6.18 Å². The topological polar surface area (TPSA) is 52.6 Å². The van der Waals surface area contributed by atoms with Crippen molar-refractivity contribution in [2.75, 3.05) is 11.9 Å². The number of halogens is 4. The Hall–Kier alpha value is -1.47. The zero-order valence-corrected chi connectivity index (χ0v) is 13.2. The van der Waals surface area contributed by atoms with Crippen LogP contribution in [0.1, 0.15) is 26.3 Å². The predicted octanol–water partition coefficient (Wildman–Crippen LogP) is 3.98. The second-order valence-electron chi connectivity index (χ2n) is 5.22. The van der Waals surface area contributed by atoms with E-state index in [-0.39, 0.29) is 23.3 Å². The molecule has 0 spiro atoms. The van der Waals surface area contributed by atoms with Gasteiger partial charge in [-0.05, 0) is 39.0 Å². The summed E-state index contributed by atoms with van der Waals surface area (Å²) in [6.07, 6.45) is -5.22. The molecule has 2 N–H and O–H groups in total. The third kappa shape index (κ3) is 5.06. The van der Waals surface area contributed by atoms with Crippen LogP contribution in [0, 0.1) is 0 Å². The standard InChI is InChI=1S/C14H18ClF3N2O2/c1-8(2)20(7-9(3)21)13(22)19-12-5-4-10(6-11(12)15)14(16,17)18/h4-6,8-9,21H,7H2,1-3H3,(H,19,22). The first-order valence-electron chi connectivity index (χ1n) is 6.64. The molecule has 0 radical (unpaired) electrons. The number of carbonyl (C=O) groups excluding carboxylic acids is 1. The molecule has 0 heterocycles. The molecule has 0 bridgehead atoms. The fraction of sp³-hybridized carbons (Fsp3) is 0.500. The van der Waals surface area contributed by atoms with Gasteiger partial charge in [-0.25, -0.2) is 4.79 Å². The summed E-state index contributed by atoms with van der Waals surface area (Å²) in [4.78, 5) is 13.5. The molecule has 0 saturated carbocycles. The van der Waals surface area contributed by atoms with E-state index in [4.69, 9.17) is 11.6 Å². The molecule has 0 fully saturated rings. The number of benzene rings is 1. The summed E-state index contributed by atoms with van der Waals surface area (Å²) in [5.74, 6) is 0. The van der Waals surface area contributed by atoms with Crippen molar-refractivity contribution in [1.29, 1.82) is 0 Å². The minimum atomic E-state index is -4.50. The second kappa shape index (κ2) is 7.19. The highest BCUT2D eigenvalue weighted by Gasteiger charge is 2.31. The molecule has 2 amide bonds. The van der Waals surface area contributed by atoms with Gasteiger partial charge in [0.1, 0.15) is 0 Å². The van der Waals surface area contributed by atoms with E-state index in [0.29, 0.717) is 0 Å². The number of alkyl halides is 3. The number of nitrogens with zero attached hydrogens (tertiary/aromatic N) is 1. The van der Waals surface area contributed by atoms with E-state index in [9.17, 15) is 23.1 Å². The average Bonchev–Trinajstić information content (AvgIpc) is 2.36. The third-order valence-corrected chi connectivity index (χ3v) is 3.20. The summed E-state index contributed by atoms with van der Waals surface area (Å²) < 4.78 is 37.7. The van der Waals surface area contributed by atoms with Gasteiger partial charge in [0.25, 0.3) is 0 Å². The van der Waals surface area contributed by atoms with Crippen LogP contribution in [0.3, 0.4) is 0 Å². The van der Waals surface area contributed by atoms with Crippen LogP contribution in [0.4, 0.5) is 23.7 Å². The van der Waals surface area contributed by atoms with Gasteiger partial charge in [-0.15, -0.1) is 0 Å². The Kier molecular flexibility index (Phi) is 6.08. The van der Waals surface area contributed by atoms with Crippen LogP contribution >= 0.6 is 11.6 Å². The van der Waals surface area contributed by atoms with Gasteiger partial charge >= 0.3 is 12.2 Å². The Bertz CT molecular complexity index is 533. The van der Waals surface area contributed by atoms with Crippen molar-refractivity contribution < 1.29 is 23.1 Å². The van der Waals surface area contributed by atoms with Crippen molar-refractivity contribution in [2.45, 2.75) is 39.1 Å². The molecular weight excluding hydrogens is 321 g/mol. The van der Waals surface area contributed by atoms with Crippen molar-refractivity contribution in [3.63, 3.8) is 0 Å². The molecule has 8 heteroatoms. The Morgan fingerprint density at radius 3 is 2.36 bits per heavy atom. The molecule has 1 atom stereocenters. The molecule has 1 unspecified atom stereocenters. The Balaban J connectivity index is 2.92. The number of urea groups is 1. The SMILES string of the molecule is CC(O)CN(C(=O)Nc1ccc(C(F)(F)F)cc1Cl)C(C)C. The molecule has 0 aliphatic carbocycles. The monoisotopic (exact) mass is 338 g/mol. The van der Waals surface area contributed by atoms with E-state index in [0.717, 1.165) is 18.2 Å². The zero-order chi connectivity index (χ0) is 17.1. The first kappa shape index (κ1) is 18.6. The van der Waals surface area contributed by atoms with E-state index < -0.39 is 23.9 Å². The van der Waals surface area contributed by atoms with Gasteiger partial charge in [0.15, 0.2) is 0 Å². The van der Waals surface area contributed by atoms with E-state index in [1.54, 1.807) is 13.8 Å². The fourth-order valence-electron chi connectivity index (χ4n) is 1.79. The Morgan fingerprint density at radius 1 is 1.36 bits per heavy atom. The van der Waals surface area contributed by atoms with Crippen molar-refractivity contribution >= 4 is 23.3 Å². The zero-order valence-electron chi connectivity index (χ0n) is 12.4. The lowest BCUT2D eigenvalue weighted by Gasteiger charge is -2.28. The molecule has 4 nitrogen and oxygen atoms in total. The Morgan fingerprint density at radius 2 is 1.95 bits per heavy atom. The van der Waals surface area contributed by atoms with Crippen LogP contribution in [-0.4, -0.2) is 34.7 Å².